The first kappa shape index (κ1) is 8.62. The van der Waals surface area contributed by atoms with Crippen LogP contribution >= 0.6 is 11.8 Å². The standard InChI is InChI=1S/C8H11N3OS/c1-13-4-6-5-2-3-9-7(5)11-8(12)10-6/h2-4H2,1H3,(H2,9,10,11,12). The van der Waals surface area contributed by atoms with Crippen LogP contribution in [0.3, 0.4) is 0 Å². The molecule has 13 heavy (non-hydrogen) atoms. The molecule has 1 aliphatic rings. The number of aromatic nitrogens is 2. The highest BCUT2D eigenvalue weighted by Gasteiger charge is 2.16. The van der Waals surface area contributed by atoms with E-state index in [0.29, 0.717) is 0 Å². The molecule has 1 aromatic rings. The lowest BCUT2D eigenvalue weighted by Crippen LogP contribution is -2.14. The molecule has 0 unspecified atom stereocenters. The molecule has 1 aliphatic heterocycles. The molecule has 0 saturated carbocycles. The number of nitrogens with zero attached hydrogens (tertiary/aromatic N) is 1. The third kappa shape index (κ3) is 1.56. The Hall–Kier alpha value is -0.970. The summed E-state index contributed by atoms with van der Waals surface area (Å²) in [6, 6.07) is 0. The van der Waals surface area contributed by atoms with Crippen LogP contribution in [0.4, 0.5) is 5.82 Å². The van der Waals surface area contributed by atoms with Gasteiger partial charge in [0.25, 0.3) is 0 Å². The van der Waals surface area contributed by atoms with E-state index in [1.807, 2.05) is 6.26 Å². The van der Waals surface area contributed by atoms with Gasteiger partial charge in [0.15, 0.2) is 0 Å². The smallest absolute Gasteiger partial charge is 0.347 e. The number of rotatable bonds is 2. The zero-order valence-corrected chi connectivity index (χ0v) is 8.20. The predicted octanol–water partition coefficient (Wildman–Crippen LogP) is 0.601. The molecule has 0 atom stereocenters. The van der Waals surface area contributed by atoms with Crippen LogP contribution < -0.4 is 11.0 Å². The van der Waals surface area contributed by atoms with Crippen molar-refractivity contribution in [2.45, 2.75) is 12.2 Å². The van der Waals surface area contributed by atoms with Gasteiger partial charge in [-0.15, -0.1) is 0 Å². The molecule has 2 heterocycles. The molecule has 0 spiro atoms. The van der Waals surface area contributed by atoms with Gasteiger partial charge in [0, 0.05) is 23.6 Å². The van der Waals surface area contributed by atoms with Crippen molar-refractivity contribution in [2.24, 2.45) is 0 Å². The summed E-state index contributed by atoms with van der Waals surface area (Å²) in [5.74, 6) is 1.62. The highest BCUT2D eigenvalue weighted by Crippen LogP contribution is 2.22. The highest BCUT2D eigenvalue weighted by molar-refractivity contribution is 7.97. The minimum Gasteiger partial charge on any atom is -0.369 e. The van der Waals surface area contributed by atoms with Crippen LogP contribution in [0.25, 0.3) is 0 Å². The summed E-state index contributed by atoms with van der Waals surface area (Å²) < 4.78 is 0. The number of anilines is 1. The van der Waals surface area contributed by atoms with Gasteiger partial charge in [-0.25, -0.2) is 4.79 Å². The predicted molar refractivity (Wildman–Crippen MR) is 54.3 cm³/mol. The second kappa shape index (κ2) is 3.41. The third-order valence-corrected chi connectivity index (χ3v) is 2.65. The fourth-order valence-electron chi connectivity index (χ4n) is 1.53. The summed E-state index contributed by atoms with van der Waals surface area (Å²) in [7, 11) is 0. The first-order chi connectivity index (χ1) is 6.31. The Morgan fingerprint density at radius 1 is 1.62 bits per heavy atom. The van der Waals surface area contributed by atoms with Crippen molar-refractivity contribution in [2.75, 3.05) is 18.1 Å². The van der Waals surface area contributed by atoms with Gasteiger partial charge in [0.1, 0.15) is 5.82 Å². The van der Waals surface area contributed by atoms with E-state index >= 15 is 0 Å². The molecule has 0 aliphatic carbocycles. The Morgan fingerprint density at radius 2 is 2.46 bits per heavy atom. The van der Waals surface area contributed by atoms with Crippen molar-refractivity contribution in [3.63, 3.8) is 0 Å². The van der Waals surface area contributed by atoms with Gasteiger partial charge in [0.05, 0.1) is 0 Å². The third-order valence-electron chi connectivity index (χ3n) is 2.08. The lowest BCUT2D eigenvalue weighted by molar-refractivity contribution is 0.988. The van der Waals surface area contributed by atoms with Crippen molar-refractivity contribution in [1.29, 1.82) is 0 Å². The molecular formula is C8H11N3OS. The number of aromatic amines is 1. The molecule has 0 saturated heterocycles. The van der Waals surface area contributed by atoms with Gasteiger partial charge in [-0.2, -0.15) is 16.7 Å². The number of fused-ring (bicyclic) bond motifs is 1. The molecule has 4 nitrogen and oxygen atoms in total. The second-order valence-corrected chi connectivity index (χ2v) is 3.82. The number of hydrogen-bond acceptors (Lipinski definition) is 4. The summed E-state index contributed by atoms with van der Waals surface area (Å²) in [4.78, 5) is 17.8. The molecule has 0 amide bonds. The van der Waals surface area contributed by atoms with E-state index < -0.39 is 0 Å². The first-order valence-corrected chi connectivity index (χ1v) is 5.55. The zero-order valence-electron chi connectivity index (χ0n) is 7.39. The molecule has 0 bridgehead atoms. The van der Waals surface area contributed by atoms with Gasteiger partial charge >= 0.3 is 5.69 Å². The van der Waals surface area contributed by atoms with E-state index in [9.17, 15) is 4.79 Å². The van der Waals surface area contributed by atoms with Crippen LogP contribution in [-0.2, 0) is 12.2 Å². The molecule has 0 radical (unpaired) electrons. The fraction of sp³-hybridized carbons (Fsp3) is 0.500. The number of nitrogens with one attached hydrogen (secondary N) is 2. The van der Waals surface area contributed by atoms with E-state index in [-0.39, 0.29) is 5.69 Å². The maximum Gasteiger partial charge on any atom is 0.347 e. The Labute approximate surface area is 80.2 Å². The van der Waals surface area contributed by atoms with Crippen LogP contribution in [0.2, 0.25) is 0 Å². The fourth-order valence-corrected chi connectivity index (χ4v) is 2.07. The summed E-state index contributed by atoms with van der Waals surface area (Å²) in [6.07, 6.45) is 2.99. The largest absolute Gasteiger partial charge is 0.369 e. The summed E-state index contributed by atoms with van der Waals surface area (Å²) in [6.45, 7) is 0.890. The van der Waals surface area contributed by atoms with Crippen LogP contribution in [0.1, 0.15) is 11.3 Å². The number of thioether (sulfide) groups is 1. The van der Waals surface area contributed by atoms with Gasteiger partial charge in [-0.1, -0.05) is 0 Å². The average Bonchev–Trinajstić information content (AvgIpc) is 2.52. The van der Waals surface area contributed by atoms with Crippen molar-refractivity contribution in [3.8, 4) is 0 Å². The molecule has 2 N–H and O–H groups in total. The van der Waals surface area contributed by atoms with Crippen molar-refractivity contribution in [3.05, 3.63) is 21.7 Å². The summed E-state index contributed by atoms with van der Waals surface area (Å²) in [5, 5.41) is 3.10. The lowest BCUT2D eigenvalue weighted by Gasteiger charge is -2.03. The SMILES string of the molecule is CSCc1[nH]c(=O)nc2c1CCN2. The average molecular weight is 197 g/mol. The maximum absolute atomic E-state index is 11.1. The van der Waals surface area contributed by atoms with Gasteiger partial charge in [-0.3, -0.25) is 0 Å². The normalized spacial score (nSPS) is 13.9. The Morgan fingerprint density at radius 3 is 3.23 bits per heavy atom. The van der Waals surface area contributed by atoms with Gasteiger partial charge in [-0.05, 0) is 12.7 Å². The molecule has 5 heteroatoms. The van der Waals surface area contributed by atoms with Crippen molar-refractivity contribution >= 4 is 17.6 Å². The van der Waals surface area contributed by atoms with Crippen molar-refractivity contribution in [1.82, 2.24) is 9.97 Å². The minimum atomic E-state index is -0.253. The number of H-pyrrole nitrogens is 1. The summed E-state index contributed by atoms with van der Waals surface area (Å²) >= 11 is 1.70. The Balaban J connectivity index is 2.49. The first-order valence-electron chi connectivity index (χ1n) is 4.16. The monoisotopic (exact) mass is 197 g/mol. The van der Waals surface area contributed by atoms with Gasteiger partial charge in [0.2, 0.25) is 0 Å². The van der Waals surface area contributed by atoms with Crippen LogP contribution in [0.15, 0.2) is 4.79 Å². The van der Waals surface area contributed by atoms with Crippen LogP contribution in [0.5, 0.6) is 0 Å². The van der Waals surface area contributed by atoms with E-state index in [2.05, 4.69) is 15.3 Å². The molecule has 0 aromatic carbocycles. The Bertz CT molecular complexity index is 374. The molecular weight excluding hydrogens is 186 g/mol. The van der Waals surface area contributed by atoms with E-state index in [0.717, 1.165) is 30.2 Å². The molecule has 1 aromatic heterocycles. The molecule has 70 valence electrons. The number of hydrogen-bond donors (Lipinski definition) is 2. The van der Waals surface area contributed by atoms with E-state index in [1.54, 1.807) is 11.8 Å². The molecule has 2 rings (SSSR count). The highest BCUT2D eigenvalue weighted by atomic mass is 32.2. The zero-order chi connectivity index (χ0) is 9.26. The Kier molecular flexibility index (Phi) is 2.26. The lowest BCUT2D eigenvalue weighted by atomic mass is 10.2. The van der Waals surface area contributed by atoms with Gasteiger partial charge < -0.3 is 10.3 Å². The maximum atomic E-state index is 11.1. The van der Waals surface area contributed by atoms with Crippen molar-refractivity contribution < 1.29 is 0 Å². The minimum absolute atomic E-state index is 0.253. The summed E-state index contributed by atoms with van der Waals surface area (Å²) in [5.41, 5.74) is 1.94. The molecule has 0 fully saturated rings. The second-order valence-electron chi connectivity index (χ2n) is 2.96. The van der Waals surface area contributed by atoms with Crippen LogP contribution in [-0.4, -0.2) is 22.8 Å². The van der Waals surface area contributed by atoms with E-state index in [4.69, 9.17) is 0 Å². The van der Waals surface area contributed by atoms with Crippen LogP contribution in [0, 0.1) is 0 Å². The van der Waals surface area contributed by atoms with E-state index in [1.165, 1.54) is 5.56 Å². The topological polar surface area (TPSA) is 57.8 Å². The quantitative estimate of drug-likeness (QED) is 0.729.